The minimum Gasteiger partial charge on any atom is -0.394 e. The molecule has 0 saturated carbocycles. The smallest absolute Gasteiger partial charge is 0.113 e. The van der Waals surface area contributed by atoms with E-state index in [2.05, 4.69) is 14.9 Å². The number of aromatic nitrogens is 2. The molecule has 94 valence electrons. The Morgan fingerprint density at radius 1 is 1.41 bits per heavy atom. The first-order chi connectivity index (χ1) is 8.40. The highest BCUT2D eigenvalue weighted by Gasteiger charge is 2.27. The Morgan fingerprint density at radius 3 is 3.12 bits per heavy atom. The van der Waals surface area contributed by atoms with Gasteiger partial charge in [0.1, 0.15) is 5.82 Å². The van der Waals surface area contributed by atoms with E-state index in [1.54, 1.807) is 0 Å². The average Bonchev–Trinajstić information content (AvgIpc) is 2.83. The Kier molecular flexibility index (Phi) is 3.16. The minimum atomic E-state index is 0.247. The van der Waals surface area contributed by atoms with Gasteiger partial charge in [-0.05, 0) is 38.6 Å². The van der Waals surface area contributed by atoms with Gasteiger partial charge in [0.25, 0.3) is 0 Å². The van der Waals surface area contributed by atoms with Crippen LogP contribution in [0.5, 0.6) is 0 Å². The lowest BCUT2D eigenvalue weighted by atomic mass is 9.97. The summed E-state index contributed by atoms with van der Waals surface area (Å²) in [6.45, 7) is 2.42. The predicted molar refractivity (Wildman–Crippen MR) is 66.1 cm³/mol. The number of nitrogens with zero attached hydrogens (tertiary/aromatic N) is 2. The Hall–Kier alpha value is -0.870. The van der Waals surface area contributed by atoms with Gasteiger partial charge in [0.15, 0.2) is 0 Å². The molecule has 2 N–H and O–H groups in total. The quantitative estimate of drug-likeness (QED) is 0.810. The van der Waals surface area contributed by atoms with Crippen LogP contribution in [0.25, 0.3) is 0 Å². The predicted octanol–water partition coefficient (Wildman–Crippen LogP) is 1.22. The van der Waals surface area contributed by atoms with Gasteiger partial charge in [-0.25, -0.2) is 4.98 Å². The number of hydrogen-bond acceptors (Lipinski definition) is 3. The standard InChI is InChI=1S/C13H21N3O/c17-9-12-5-1-4-11-8-15-13(16(11)12)10-3-2-6-14-7-10/h8,10,12,14,17H,1-7,9H2. The first-order valence-corrected chi connectivity index (χ1v) is 6.77. The number of hydrogen-bond donors (Lipinski definition) is 2. The van der Waals surface area contributed by atoms with Crippen LogP contribution in [0, 0.1) is 0 Å². The summed E-state index contributed by atoms with van der Waals surface area (Å²) >= 11 is 0. The van der Waals surface area contributed by atoms with Gasteiger partial charge in [0, 0.05) is 24.4 Å². The maximum absolute atomic E-state index is 9.51. The summed E-state index contributed by atoms with van der Waals surface area (Å²) in [4.78, 5) is 4.63. The Labute approximate surface area is 102 Å². The Bertz CT molecular complexity index is 382. The van der Waals surface area contributed by atoms with Gasteiger partial charge in [0.2, 0.25) is 0 Å². The van der Waals surface area contributed by atoms with Crippen molar-refractivity contribution in [2.24, 2.45) is 0 Å². The molecule has 2 aliphatic rings. The Morgan fingerprint density at radius 2 is 2.35 bits per heavy atom. The maximum atomic E-state index is 9.51. The SMILES string of the molecule is OCC1CCCc2cnc(C3CCCNC3)n21. The molecule has 2 atom stereocenters. The van der Waals surface area contributed by atoms with Gasteiger partial charge in [-0.2, -0.15) is 0 Å². The molecular weight excluding hydrogens is 214 g/mol. The van der Waals surface area contributed by atoms with Crippen molar-refractivity contribution in [3.63, 3.8) is 0 Å². The lowest BCUT2D eigenvalue weighted by Gasteiger charge is -2.30. The van der Waals surface area contributed by atoms with E-state index in [0.29, 0.717) is 5.92 Å². The zero-order valence-electron chi connectivity index (χ0n) is 10.2. The van der Waals surface area contributed by atoms with Crippen LogP contribution >= 0.6 is 0 Å². The zero-order chi connectivity index (χ0) is 11.7. The van der Waals surface area contributed by atoms with E-state index in [9.17, 15) is 5.11 Å². The lowest BCUT2D eigenvalue weighted by molar-refractivity contribution is 0.201. The normalized spacial score (nSPS) is 29.0. The second kappa shape index (κ2) is 4.78. The summed E-state index contributed by atoms with van der Waals surface area (Å²) in [6, 6.07) is 0.262. The molecule has 1 fully saturated rings. The van der Waals surface area contributed by atoms with E-state index < -0.39 is 0 Å². The van der Waals surface area contributed by atoms with Crippen LogP contribution in [0.3, 0.4) is 0 Å². The topological polar surface area (TPSA) is 50.1 Å². The fraction of sp³-hybridized carbons (Fsp3) is 0.769. The summed E-state index contributed by atoms with van der Waals surface area (Å²) in [7, 11) is 0. The van der Waals surface area contributed by atoms with Crippen molar-refractivity contribution >= 4 is 0 Å². The van der Waals surface area contributed by atoms with Crippen LogP contribution in [0.4, 0.5) is 0 Å². The highest BCUT2D eigenvalue weighted by Crippen LogP contribution is 2.31. The van der Waals surface area contributed by atoms with Crippen LogP contribution in [-0.2, 0) is 6.42 Å². The van der Waals surface area contributed by atoms with Crippen molar-refractivity contribution in [2.45, 2.75) is 44.1 Å². The number of rotatable bonds is 2. The van der Waals surface area contributed by atoms with Crippen molar-refractivity contribution in [2.75, 3.05) is 19.7 Å². The van der Waals surface area contributed by atoms with Gasteiger partial charge in [0.05, 0.1) is 12.6 Å². The van der Waals surface area contributed by atoms with E-state index in [0.717, 1.165) is 25.9 Å². The largest absolute Gasteiger partial charge is 0.394 e. The molecule has 3 rings (SSSR count). The summed E-state index contributed by atoms with van der Waals surface area (Å²) in [5.41, 5.74) is 1.32. The molecule has 4 heteroatoms. The van der Waals surface area contributed by atoms with Crippen LogP contribution in [-0.4, -0.2) is 34.4 Å². The van der Waals surface area contributed by atoms with Crippen LogP contribution in [0.15, 0.2) is 6.20 Å². The molecule has 2 aliphatic heterocycles. The number of fused-ring (bicyclic) bond motifs is 1. The van der Waals surface area contributed by atoms with Gasteiger partial charge >= 0.3 is 0 Å². The minimum absolute atomic E-state index is 0.247. The molecule has 0 spiro atoms. The van der Waals surface area contributed by atoms with Crippen molar-refractivity contribution in [3.05, 3.63) is 17.7 Å². The highest BCUT2D eigenvalue weighted by molar-refractivity contribution is 5.14. The van der Waals surface area contributed by atoms with E-state index in [1.807, 2.05) is 6.20 Å². The number of piperidine rings is 1. The van der Waals surface area contributed by atoms with E-state index in [1.165, 1.54) is 30.8 Å². The van der Waals surface area contributed by atoms with Gasteiger partial charge in [-0.1, -0.05) is 0 Å². The van der Waals surface area contributed by atoms with Gasteiger partial charge in [-0.15, -0.1) is 0 Å². The van der Waals surface area contributed by atoms with Crippen molar-refractivity contribution in [1.29, 1.82) is 0 Å². The molecule has 1 aromatic rings. The number of aliphatic hydroxyl groups excluding tert-OH is 1. The number of nitrogens with one attached hydrogen (secondary N) is 1. The monoisotopic (exact) mass is 235 g/mol. The summed E-state index contributed by atoms with van der Waals surface area (Å²) < 4.78 is 2.32. The fourth-order valence-corrected chi connectivity index (χ4v) is 3.21. The third-order valence-electron chi connectivity index (χ3n) is 4.11. The lowest BCUT2D eigenvalue weighted by Crippen LogP contribution is -2.32. The van der Waals surface area contributed by atoms with Crippen molar-refractivity contribution in [1.82, 2.24) is 14.9 Å². The summed E-state index contributed by atoms with van der Waals surface area (Å²) in [6.07, 6.45) is 7.86. The third-order valence-corrected chi connectivity index (χ3v) is 4.11. The number of aryl methyl sites for hydroxylation is 1. The molecule has 3 heterocycles. The molecule has 0 aliphatic carbocycles. The first-order valence-electron chi connectivity index (χ1n) is 6.77. The van der Waals surface area contributed by atoms with Crippen LogP contribution in [0.1, 0.15) is 49.2 Å². The van der Waals surface area contributed by atoms with Crippen molar-refractivity contribution in [3.8, 4) is 0 Å². The van der Waals surface area contributed by atoms with Gasteiger partial charge in [-0.3, -0.25) is 0 Å². The molecule has 0 bridgehead atoms. The number of imidazole rings is 1. The summed E-state index contributed by atoms with van der Waals surface area (Å²) in [5.74, 6) is 1.73. The summed E-state index contributed by atoms with van der Waals surface area (Å²) in [5, 5.41) is 13.0. The van der Waals surface area contributed by atoms with Crippen molar-refractivity contribution < 1.29 is 5.11 Å². The molecular formula is C13H21N3O. The molecule has 1 aromatic heterocycles. The zero-order valence-corrected chi connectivity index (χ0v) is 10.2. The fourth-order valence-electron chi connectivity index (χ4n) is 3.21. The molecule has 1 saturated heterocycles. The third kappa shape index (κ3) is 2.00. The number of aliphatic hydroxyl groups is 1. The molecule has 0 radical (unpaired) electrons. The first kappa shape index (κ1) is 11.2. The molecule has 0 aromatic carbocycles. The van der Waals surface area contributed by atoms with Gasteiger partial charge < -0.3 is 15.0 Å². The maximum Gasteiger partial charge on any atom is 0.113 e. The molecule has 2 unspecified atom stereocenters. The van der Waals surface area contributed by atoms with Crippen LogP contribution < -0.4 is 5.32 Å². The average molecular weight is 235 g/mol. The van der Waals surface area contributed by atoms with E-state index in [4.69, 9.17) is 0 Å². The van der Waals surface area contributed by atoms with Crippen LogP contribution in [0.2, 0.25) is 0 Å². The molecule has 0 amide bonds. The highest BCUT2D eigenvalue weighted by atomic mass is 16.3. The van der Waals surface area contributed by atoms with E-state index >= 15 is 0 Å². The Balaban J connectivity index is 1.91. The second-order valence-corrected chi connectivity index (χ2v) is 5.25. The van der Waals surface area contributed by atoms with E-state index in [-0.39, 0.29) is 12.6 Å². The second-order valence-electron chi connectivity index (χ2n) is 5.25. The molecule has 17 heavy (non-hydrogen) atoms. The molecule has 4 nitrogen and oxygen atoms in total.